The second-order valence-electron chi connectivity index (χ2n) is 5.62. The molecule has 0 heterocycles. The third kappa shape index (κ3) is 3.41. The van der Waals surface area contributed by atoms with Crippen molar-refractivity contribution in [2.45, 2.75) is 39.7 Å². The van der Waals surface area contributed by atoms with Crippen LogP contribution >= 0.6 is 0 Å². The van der Waals surface area contributed by atoms with Crippen LogP contribution in [0.25, 0.3) is 0 Å². The second-order valence-corrected chi connectivity index (χ2v) is 5.62. The van der Waals surface area contributed by atoms with Crippen LogP contribution in [0, 0.1) is 35.5 Å². The van der Waals surface area contributed by atoms with Crippen molar-refractivity contribution in [1.82, 2.24) is 0 Å². The van der Waals surface area contributed by atoms with E-state index in [0.29, 0.717) is 0 Å². The van der Waals surface area contributed by atoms with Gasteiger partial charge in [0.1, 0.15) is 12.4 Å². The summed E-state index contributed by atoms with van der Waals surface area (Å²) in [5.74, 6) is 8.61. The van der Waals surface area contributed by atoms with Crippen LogP contribution in [0.5, 0.6) is 0 Å². The van der Waals surface area contributed by atoms with E-state index in [0.717, 1.165) is 24.7 Å². The van der Waals surface area contributed by atoms with Crippen molar-refractivity contribution in [3.8, 4) is 24.2 Å². The summed E-state index contributed by atoms with van der Waals surface area (Å²) in [5.41, 5.74) is 1.84. The zero-order chi connectivity index (χ0) is 15.2. The molecular weight excluding hydrogens is 248 g/mol. The minimum atomic E-state index is -0.227. The van der Waals surface area contributed by atoms with E-state index in [1.165, 1.54) is 5.57 Å². The molecule has 0 saturated heterocycles. The Morgan fingerprint density at radius 3 is 2.70 bits per heavy atom. The van der Waals surface area contributed by atoms with Crippen molar-refractivity contribution in [3.05, 3.63) is 23.3 Å². The molecule has 1 rings (SSSR count). The molecular formula is C18H22O2. The van der Waals surface area contributed by atoms with Crippen LogP contribution in [0.4, 0.5) is 0 Å². The lowest BCUT2D eigenvalue weighted by Crippen LogP contribution is -2.39. The van der Waals surface area contributed by atoms with E-state index in [4.69, 9.17) is 11.2 Å². The van der Waals surface area contributed by atoms with Crippen LogP contribution in [0.1, 0.15) is 33.6 Å². The molecule has 1 aliphatic carbocycles. The molecule has 0 aliphatic heterocycles. The van der Waals surface area contributed by atoms with E-state index in [-0.39, 0.29) is 17.4 Å². The van der Waals surface area contributed by atoms with Crippen molar-refractivity contribution < 1.29 is 9.53 Å². The zero-order valence-corrected chi connectivity index (χ0v) is 12.7. The van der Waals surface area contributed by atoms with Crippen molar-refractivity contribution in [3.63, 3.8) is 0 Å². The van der Waals surface area contributed by atoms with Gasteiger partial charge >= 0.3 is 0 Å². The molecule has 0 aromatic heterocycles. The predicted molar refractivity (Wildman–Crippen MR) is 81.8 cm³/mol. The van der Waals surface area contributed by atoms with Gasteiger partial charge in [-0.2, -0.15) is 0 Å². The highest BCUT2D eigenvalue weighted by molar-refractivity contribution is 5.77. The standard InChI is InChI=1S/C18H22O2/c1-6-7-8-9-10-17(20-5)15-12-11-14(2)16(13-19)18(15,3)4/h1,7-8,13,15,17H,11-12H2,2-5H3/b8-7-/t15-,17+/m0/s1. The molecule has 0 saturated carbocycles. The Morgan fingerprint density at radius 1 is 1.45 bits per heavy atom. The number of hydrogen-bond acceptors (Lipinski definition) is 2. The lowest BCUT2D eigenvalue weighted by Gasteiger charge is -2.41. The molecule has 2 atom stereocenters. The molecule has 0 amide bonds. The summed E-state index contributed by atoms with van der Waals surface area (Å²) >= 11 is 0. The Labute approximate surface area is 122 Å². The molecule has 2 nitrogen and oxygen atoms in total. The first-order chi connectivity index (χ1) is 9.48. The van der Waals surface area contributed by atoms with Gasteiger partial charge in [-0.1, -0.05) is 37.2 Å². The predicted octanol–water partition coefficient (Wildman–Crippen LogP) is 3.15. The Kier molecular flexibility index (Phi) is 5.81. The molecule has 106 valence electrons. The van der Waals surface area contributed by atoms with E-state index < -0.39 is 0 Å². The van der Waals surface area contributed by atoms with Gasteiger partial charge in [-0.25, -0.2) is 0 Å². The molecule has 0 bridgehead atoms. The highest BCUT2D eigenvalue weighted by Gasteiger charge is 2.41. The molecule has 0 fully saturated rings. The van der Waals surface area contributed by atoms with Crippen LogP contribution in [0.2, 0.25) is 0 Å². The molecule has 0 spiro atoms. The summed E-state index contributed by atoms with van der Waals surface area (Å²) in [6, 6.07) is 0. The molecule has 2 heteroatoms. The minimum absolute atomic E-state index is 0.197. The summed E-state index contributed by atoms with van der Waals surface area (Å²) in [6.07, 6.45) is 11.0. The molecule has 0 aromatic carbocycles. The number of carbonyl (C=O) groups is 1. The number of ether oxygens (including phenoxy) is 1. The smallest absolute Gasteiger partial charge is 0.146 e. The molecule has 0 N–H and O–H groups in total. The van der Waals surface area contributed by atoms with E-state index in [1.54, 1.807) is 19.3 Å². The monoisotopic (exact) mass is 270 g/mol. The van der Waals surface area contributed by atoms with E-state index in [9.17, 15) is 4.79 Å². The highest BCUT2D eigenvalue weighted by Crippen LogP contribution is 2.45. The summed E-state index contributed by atoms with van der Waals surface area (Å²) in [7, 11) is 1.66. The Hall–Kier alpha value is -1.77. The van der Waals surface area contributed by atoms with Crippen LogP contribution in [-0.2, 0) is 9.53 Å². The topological polar surface area (TPSA) is 26.3 Å². The SMILES string of the molecule is C#C/C=C\C#C[C@@H](OC)[C@@H]1CCC(C)=C(C=O)C1(C)C. The number of rotatable bonds is 3. The summed E-state index contributed by atoms with van der Waals surface area (Å²) < 4.78 is 5.54. The first-order valence-electron chi connectivity index (χ1n) is 6.79. The van der Waals surface area contributed by atoms with Gasteiger partial charge < -0.3 is 4.74 Å². The third-order valence-corrected chi connectivity index (χ3v) is 4.14. The summed E-state index contributed by atoms with van der Waals surface area (Å²) in [4.78, 5) is 11.4. The van der Waals surface area contributed by atoms with Crippen LogP contribution in [0.3, 0.4) is 0 Å². The third-order valence-electron chi connectivity index (χ3n) is 4.14. The van der Waals surface area contributed by atoms with E-state index >= 15 is 0 Å². The maximum absolute atomic E-state index is 11.4. The van der Waals surface area contributed by atoms with Gasteiger partial charge in [0.25, 0.3) is 0 Å². The first kappa shape index (κ1) is 16.3. The number of terminal acetylenes is 1. The fourth-order valence-electron chi connectivity index (χ4n) is 2.94. The quantitative estimate of drug-likeness (QED) is 0.581. The van der Waals surface area contributed by atoms with Crippen LogP contribution < -0.4 is 0 Å². The van der Waals surface area contributed by atoms with E-state index in [2.05, 4.69) is 31.6 Å². The number of methoxy groups -OCH3 is 1. The van der Waals surface area contributed by atoms with Gasteiger partial charge in [-0.05, 0) is 42.9 Å². The van der Waals surface area contributed by atoms with E-state index in [1.807, 2.05) is 6.92 Å². The molecule has 0 aromatic rings. The fourth-order valence-corrected chi connectivity index (χ4v) is 2.94. The second kappa shape index (κ2) is 7.13. The maximum atomic E-state index is 11.4. The van der Waals surface area contributed by atoms with Crippen molar-refractivity contribution in [2.24, 2.45) is 11.3 Å². The van der Waals surface area contributed by atoms with Crippen molar-refractivity contribution in [1.29, 1.82) is 0 Å². The summed E-state index contributed by atoms with van der Waals surface area (Å²) in [5, 5.41) is 0. The minimum Gasteiger partial charge on any atom is -0.368 e. The van der Waals surface area contributed by atoms with Gasteiger partial charge in [-0.3, -0.25) is 4.79 Å². The average Bonchev–Trinajstić information content (AvgIpc) is 2.40. The van der Waals surface area contributed by atoms with Crippen molar-refractivity contribution in [2.75, 3.05) is 7.11 Å². The number of aldehydes is 1. The lowest BCUT2D eigenvalue weighted by atomic mass is 9.64. The van der Waals surface area contributed by atoms with Crippen LogP contribution in [-0.4, -0.2) is 19.5 Å². The molecule has 0 radical (unpaired) electrons. The highest BCUT2D eigenvalue weighted by atomic mass is 16.5. The normalized spacial score (nSPS) is 22.9. The Balaban J connectivity index is 3.05. The molecule has 1 aliphatic rings. The van der Waals surface area contributed by atoms with Gasteiger partial charge in [0.05, 0.1) is 0 Å². The van der Waals surface area contributed by atoms with Gasteiger partial charge in [0.15, 0.2) is 0 Å². The average molecular weight is 270 g/mol. The number of hydrogen-bond donors (Lipinski definition) is 0. The lowest BCUT2D eigenvalue weighted by molar-refractivity contribution is -0.106. The van der Waals surface area contributed by atoms with Gasteiger partial charge in [-0.15, -0.1) is 6.42 Å². The zero-order valence-electron chi connectivity index (χ0n) is 12.7. The van der Waals surface area contributed by atoms with Crippen molar-refractivity contribution >= 4 is 6.29 Å². The number of allylic oxidation sites excluding steroid dienone is 4. The maximum Gasteiger partial charge on any atom is 0.146 e. The van der Waals surface area contributed by atoms with Crippen LogP contribution in [0.15, 0.2) is 23.3 Å². The molecule has 20 heavy (non-hydrogen) atoms. The Morgan fingerprint density at radius 2 is 2.15 bits per heavy atom. The fraction of sp³-hybridized carbons (Fsp3) is 0.500. The Bertz CT molecular complexity index is 518. The first-order valence-corrected chi connectivity index (χ1v) is 6.79. The van der Waals surface area contributed by atoms with Gasteiger partial charge in [0, 0.05) is 13.0 Å². The summed E-state index contributed by atoms with van der Waals surface area (Å²) in [6.45, 7) is 6.22. The molecule has 0 unspecified atom stereocenters. The number of carbonyl (C=O) groups excluding carboxylic acids is 1. The van der Waals surface area contributed by atoms with Gasteiger partial charge in [0.2, 0.25) is 0 Å². The largest absolute Gasteiger partial charge is 0.368 e.